The van der Waals surface area contributed by atoms with Crippen LogP contribution >= 0.6 is 0 Å². The van der Waals surface area contributed by atoms with Crippen molar-refractivity contribution in [2.75, 3.05) is 18.8 Å². The van der Waals surface area contributed by atoms with Gasteiger partial charge in [-0.1, -0.05) is 13.3 Å². The van der Waals surface area contributed by atoms with Gasteiger partial charge >= 0.3 is 0 Å². The fourth-order valence-electron chi connectivity index (χ4n) is 2.15. The number of primary amides is 1. The number of unbranched alkanes of at least 4 members (excludes halogenated alkanes) is 1. The highest BCUT2D eigenvalue weighted by Gasteiger charge is 2.31. The van der Waals surface area contributed by atoms with E-state index in [1.54, 1.807) is 0 Å². The van der Waals surface area contributed by atoms with Gasteiger partial charge in [0.15, 0.2) is 5.69 Å². The summed E-state index contributed by atoms with van der Waals surface area (Å²) in [5, 5.41) is 6.86. The minimum atomic E-state index is -0.536. The molecule has 2 rings (SSSR count). The van der Waals surface area contributed by atoms with Crippen LogP contribution in [0.4, 0.5) is 5.69 Å². The van der Waals surface area contributed by atoms with E-state index >= 15 is 0 Å². The number of nitrogens with one attached hydrogen (secondary N) is 1. The predicted octanol–water partition coefficient (Wildman–Crippen LogP) is 0.597. The van der Waals surface area contributed by atoms with E-state index in [-0.39, 0.29) is 18.1 Å². The molecule has 0 atom stereocenters. The molecule has 110 valence electrons. The number of carbonyl (C=O) groups excluding carboxylic acids is 2. The number of hydrogen-bond donors (Lipinski definition) is 3. The lowest BCUT2D eigenvalue weighted by molar-refractivity contribution is -0.118. The molecule has 1 fully saturated rings. The molecule has 0 radical (unpaired) electrons. The van der Waals surface area contributed by atoms with Crippen LogP contribution in [-0.4, -0.2) is 40.0 Å². The number of aromatic amines is 1. The fraction of sp³-hybridized carbons (Fsp3) is 0.615. The van der Waals surface area contributed by atoms with Crippen LogP contribution in [0.1, 0.15) is 54.7 Å². The molecule has 0 spiro atoms. The molecule has 0 saturated heterocycles. The molecule has 5 N–H and O–H groups in total. The average molecular weight is 279 g/mol. The van der Waals surface area contributed by atoms with Crippen molar-refractivity contribution in [3.05, 3.63) is 11.4 Å². The van der Waals surface area contributed by atoms with E-state index in [0.29, 0.717) is 18.2 Å². The Hall–Kier alpha value is -2.05. The number of carbonyl (C=O) groups is 2. The summed E-state index contributed by atoms with van der Waals surface area (Å²) < 4.78 is 0. The maximum Gasteiger partial charge on any atom is 0.276 e. The molecular weight excluding hydrogens is 258 g/mol. The van der Waals surface area contributed by atoms with Crippen LogP contribution in [-0.2, 0) is 4.79 Å². The minimum absolute atomic E-state index is 0.107. The van der Waals surface area contributed by atoms with Crippen molar-refractivity contribution < 1.29 is 9.59 Å². The molecule has 1 aromatic heterocycles. The zero-order chi connectivity index (χ0) is 14.7. The van der Waals surface area contributed by atoms with Gasteiger partial charge in [-0.3, -0.25) is 14.7 Å². The lowest BCUT2D eigenvalue weighted by Crippen LogP contribution is -2.39. The molecule has 1 saturated carbocycles. The van der Waals surface area contributed by atoms with Crippen LogP contribution in [0.25, 0.3) is 0 Å². The second-order valence-corrected chi connectivity index (χ2v) is 5.22. The van der Waals surface area contributed by atoms with E-state index in [4.69, 9.17) is 11.5 Å². The van der Waals surface area contributed by atoms with Crippen LogP contribution in [0.5, 0.6) is 0 Å². The van der Waals surface area contributed by atoms with Crippen LogP contribution in [0.3, 0.4) is 0 Å². The highest BCUT2D eigenvalue weighted by molar-refractivity contribution is 5.99. The topological polar surface area (TPSA) is 118 Å². The first kappa shape index (κ1) is 14.4. The number of H-pyrrole nitrogens is 1. The summed E-state index contributed by atoms with van der Waals surface area (Å²) >= 11 is 0. The van der Waals surface area contributed by atoms with Gasteiger partial charge in [0.05, 0.1) is 17.9 Å². The van der Waals surface area contributed by atoms with Crippen molar-refractivity contribution in [1.29, 1.82) is 0 Å². The Balaban J connectivity index is 2.15. The van der Waals surface area contributed by atoms with Crippen molar-refractivity contribution >= 4 is 17.5 Å². The van der Waals surface area contributed by atoms with Crippen molar-refractivity contribution in [1.82, 2.24) is 15.1 Å². The summed E-state index contributed by atoms with van der Waals surface area (Å²) in [6, 6.07) is 0. The summed E-state index contributed by atoms with van der Waals surface area (Å²) in [6.07, 6.45) is 3.87. The van der Waals surface area contributed by atoms with Gasteiger partial charge in [0, 0.05) is 12.5 Å². The molecule has 1 aromatic rings. The molecule has 7 nitrogen and oxygen atoms in total. The van der Waals surface area contributed by atoms with E-state index in [1.807, 2.05) is 6.92 Å². The molecule has 2 amide bonds. The monoisotopic (exact) mass is 279 g/mol. The van der Waals surface area contributed by atoms with Crippen molar-refractivity contribution in [2.45, 2.75) is 38.5 Å². The number of anilines is 1. The van der Waals surface area contributed by atoms with Crippen LogP contribution in [0.15, 0.2) is 0 Å². The smallest absolute Gasteiger partial charge is 0.276 e. The fourth-order valence-corrected chi connectivity index (χ4v) is 2.15. The highest BCUT2D eigenvalue weighted by atomic mass is 16.2. The standard InChI is InChI=1S/C13H21N5O2/c1-2-3-6-18(7-9(14)19)13(20)12-10(15)11(16-17-12)8-4-5-8/h8H,2-7,15H2,1H3,(H2,14,19)(H,16,17). The van der Waals surface area contributed by atoms with E-state index in [0.717, 1.165) is 31.4 Å². The third-order valence-electron chi connectivity index (χ3n) is 3.44. The first-order valence-corrected chi connectivity index (χ1v) is 6.95. The van der Waals surface area contributed by atoms with Crippen molar-refractivity contribution in [3.63, 3.8) is 0 Å². The zero-order valence-corrected chi connectivity index (χ0v) is 11.7. The lowest BCUT2D eigenvalue weighted by Gasteiger charge is -2.20. The van der Waals surface area contributed by atoms with Crippen LogP contribution in [0.2, 0.25) is 0 Å². The number of nitrogens with two attached hydrogens (primary N) is 2. The first-order chi connectivity index (χ1) is 9.54. The number of nitrogen functional groups attached to an aromatic ring is 1. The molecule has 1 aliphatic rings. The number of nitrogens with zero attached hydrogens (tertiary/aromatic N) is 2. The zero-order valence-electron chi connectivity index (χ0n) is 11.7. The molecule has 0 unspecified atom stereocenters. The molecule has 0 aromatic carbocycles. The molecule has 0 bridgehead atoms. The number of amides is 2. The van der Waals surface area contributed by atoms with Gasteiger partial charge in [-0.25, -0.2) is 0 Å². The van der Waals surface area contributed by atoms with Crippen LogP contribution < -0.4 is 11.5 Å². The Morgan fingerprint density at radius 1 is 1.45 bits per heavy atom. The Morgan fingerprint density at radius 2 is 2.15 bits per heavy atom. The van der Waals surface area contributed by atoms with Crippen molar-refractivity contribution in [3.8, 4) is 0 Å². The molecule has 1 heterocycles. The van der Waals surface area contributed by atoms with Gasteiger partial charge in [-0.2, -0.15) is 5.10 Å². The minimum Gasteiger partial charge on any atom is -0.395 e. The summed E-state index contributed by atoms with van der Waals surface area (Å²) in [4.78, 5) is 24.9. The quantitative estimate of drug-likeness (QED) is 0.677. The second-order valence-electron chi connectivity index (χ2n) is 5.22. The van der Waals surface area contributed by atoms with E-state index in [1.165, 1.54) is 4.90 Å². The SMILES string of the molecule is CCCCN(CC(N)=O)C(=O)c1n[nH]c(C2CC2)c1N. The van der Waals surface area contributed by atoms with Gasteiger partial charge in [-0.15, -0.1) is 0 Å². The highest BCUT2D eigenvalue weighted by Crippen LogP contribution is 2.42. The van der Waals surface area contributed by atoms with E-state index in [9.17, 15) is 9.59 Å². The number of rotatable bonds is 7. The largest absolute Gasteiger partial charge is 0.395 e. The normalized spacial score (nSPS) is 14.2. The number of hydrogen-bond acceptors (Lipinski definition) is 4. The Morgan fingerprint density at radius 3 is 2.70 bits per heavy atom. The molecule has 1 aliphatic carbocycles. The summed E-state index contributed by atoms with van der Waals surface area (Å²) in [6.45, 7) is 2.38. The lowest BCUT2D eigenvalue weighted by atomic mass is 10.2. The van der Waals surface area contributed by atoms with Gasteiger partial charge < -0.3 is 16.4 Å². The Kier molecular flexibility index (Phi) is 4.26. The van der Waals surface area contributed by atoms with Crippen molar-refractivity contribution in [2.24, 2.45) is 5.73 Å². The van der Waals surface area contributed by atoms with E-state index < -0.39 is 5.91 Å². The molecule has 20 heavy (non-hydrogen) atoms. The molecular formula is C13H21N5O2. The molecule has 7 heteroatoms. The third kappa shape index (κ3) is 3.09. The Bertz CT molecular complexity index is 507. The van der Waals surface area contributed by atoms with Gasteiger partial charge in [0.1, 0.15) is 0 Å². The number of aromatic nitrogens is 2. The van der Waals surface area contributed by atoms with Gasteiger partial charge in [0.2, 0.25) is 5.91 Å². The summed E-state index contributed by atoms with van der Waals surface area (Å²) in [7, 11) is 0. The maximum atomic E-state index is 12.4. The van der Waals surface area contributed by atoms with Gasteiger partial charge in [-0.05, 0) is 19.3 Å². The summed E-state index contributed by atoms with van der Waals surface area (Å²) in [5.74, 6) is -0.479. The van der Waals surface area contributed by atoms with Gasteiger partial charge in [0.25, 0.3) is 5.91 Å². The van der Waals surface area contributed by atoms with E-state index in [2.05, 4.69) is 10.2 Å². The maximum absolute atomic E-state index is 12.4. The first-order valence-electron chi connectivity index (χ1n) is 6.95. The Labute approximate surface area is 117 Å². The van der Waals surface area contributed by atoms with Crippen LogP contribution in [0, 0.1) is 0 Å². The predicted molar refractivity (Wildman–Crippen MR) is 75.0 cm³/mol. The summed E-state index contributed by atoms with van der Waals surface area (Å²) in [5.41, 5.74) is 12.6. The third-order valence-corrected chi connectivity index (χ3v) is 3.44. The second kappa shape index (κ2) is 5.94. The average Bonchev–Trinajstić information content (AvgIpc) is 3.17. The molecule has 0 aliphatic heterocycles.